The van der Waals surface area contributed by atoms with Crippen molar-refractivity contribution in [1.29, 1.82) is 5.26 Å². The van der Waals surface area contributed by atoms with Gasteiger partial charge in [-0.15, -0.1) is 0 Å². The Labute approximate surface area is 181 Å². The van der Waals surface area contributed by atoms with Crippen molar-refractivity contribution in [2.24, 2.45) is 0 Å². The predicted molar refractivity (Wildman–Crippen MR) is 118 cm³/mol. The molecule has 1 atom stereocenters. The summed E-state index contributed by atoms with van der Waals surface area (Å²) in [6.07, 6.45) is 2.73. The number of aromatic nitrogens is 2. The molecule has 0 spiro atoms. The molecule has 0 bridgehead atoms. The maximum absolute atomic E-state index is 14.8. The number of halogens is 1. The fourth-order valence-electron chi connectivity index (χ4n) is 2.81. The Morgan fingerprint density at radius 2 is 1.90 bits per heavy atom. The second-order valence-corrected chi connectivity index (χ2v) is 8.08. The molecule has 0 fully saturated rings. The van der Waals surface area contributed by atoms with E-state index in [-0.39, 0.29) is 36.2 Å². The normalized spacial score (nSPS) is 11.9. The van der Waals surface area contributed by atoms with Crippen LogP contribution in [0.5, 0.6) is 0 Å². The van der Waals surface area contributed by atoms with Crippen molar-refractivity contribution in [1.82, 2.24) is 14.7 Å². The number of sulfonamides is 1. The average molecular weight is 446 g/mol. The van der Waals surface area contributed by atoms with E-state index in [1.54, 1.807) is 31.2 Å². The van der Waals surface area contributed by atoms with Crippen molar-refractivity contribution < 1.29 is 12.8 Å². The number of hydrogen-bond acceptors (Lipinski definition) is 6. The Kier molecular flexibility index (Phi) is 7.50. The fourth-order valence-corrected chi connectivity index (χ4v) is 4.29. The van der Waals surface area contributed by atoms with Crippen LogP contribution in [0.4, 0.5) is 10.2 Å². The van der Waals surface area contributed by atoms with Gasteiger partial charge in [0, 0.05) is 17.2 Å². The lowest BCUT2D eigenvalue weighted by Gasteiger charge is -2.15. The molecule has 0 aliphatic carbocycles. The second kappa shape index (κ2) is 9.67. The summed E-state index contributed by atoms with van der Waals surface area (Å²) in [4.78, 5) is 7.97. The monoisotopic (exact) mass is 445 g/mol. The Balaban J connectivity index is 0.00000320. The van der Waals surface area contributed by atoms with Crippen molar-refractivity contribution >= 4 is 29.3 Å². The van der Waals surface area contributed by atoms with Gasteiger partial charge in [0.25, 0.3) is 0 Å². The minimum atomic E-state index is -3.90. The molecule has 0 saturated heterocycles. The summed E-state index contributed by atoms with van der Waals surface area (Å²) in [7, 11) is -3.90. The highest BCUT2D eigenvalue weighted by molar-refractivity contribution is 7.89. The lowest BCUT2D eigenvalue weighted by atomic mass is 10.0. The Hall–Kier alpha value is -3.00. The van der Waals surface area contributed by atoms with Crippen molar-refractivity contribution in [3.05, 3.63) is 60.7 Å². The molecule has 0 unspecified atom stereocenters. The van der Waals surface area contributed by atoms with Gasteiger partial charge >= 0.3 is 0 Å². The molecule has 1 heterocycles. The van der Waals surface area contributed by atoms with Gasteiger partial charge in [-0.1, -0.05) is 24.3 Å². The minimum absolute atomic E-state index is 0. The molecule has 1 aromatic heterocycles. The summed E-state index contributed by atoms with van der Waals surface area (Å²) in [5, 5.41) is 8.76. The largest absolute Gasteiger partial charge is 0.382 e. The van der Waals surface area contributed by atoms with Crippen LogP contribution in [0.3, 0.4) is 0 Å². The van der Waals surface area contributed by atoms with Crippen molar-refractivity contribution in [2.45, 2.75) is 24.3 Å². The van der Waals surface area contributed by atoms with E-state index in [0.717, 1.165) is 0 Å². The van der Waals surface area contributed by atoms with Crippen LogP contribution < -0.4 is 10.5 Å². The zero-order valence-corrected chi connectivity index (χ0v) is 17.8. The number of nitrogen functional groups attached to an aromatic ring is 1. The van der Waals surface area contributed by atoms with Gasteiger partial charge in [0.05, 0.1) is 35.5 Å². The van der Waals surface area contributed by atoms with E-state index in [2.05, 4.69) is 14.7 Å². The van der Waals surface area contributed by atoms with E-state index in [0.29, 0.717) is 16.8 Å². The third-order valence-corrected chi connectivity index (χ3v) is 5.81. The molecule has 3 rings (SSSR count). The highest BCUT2D eigenvalue weighted by Gasteiger charge is 2.22. The molecule has 2 aromatic carbocycles. The van der Waals surface area contributed by atoms with Crippen LogP contribution in [-0.4, -0.2) is 24.4 Å². The highest BCUT2D eigenvalue weighted by atomic mass is 32.2. The predicted octanol–water partition coefficient (Wildman–Crippen LogP) is 3.23. The SMILES string of the molecule is C[C@@H](CC#N)NS(=O)(=O)c1ccccc1-c1ccc(-c2cnc(N)cn2)c(F)c1.S. The molecule has 0 aliphatic heterocycles. The number of anilines is 1. The van der Waals surface area contributed by atoms with Gasteiger partial charge in [-0.05, 0) is 30.7 Å². The zero-order chi connectivity index (χ0) is 21.0. The number of nitriles is 1. The average Bonchev–Trinajstić information content (AvgIpc) is 2.68. The molecule has 0 saturated carbocycles. The summed E-state index contributed by atoms with van der Waals surface area (Å²) in [5.41, 5.74) is 6.78. The van der Waals surface area contributed by atoms with Gasteiger partial charge in [0.1, 0.15) is 11.6 Å². The minimum Gasteiger partial charge on any atom is -0.382 e. The van der Waals surface area contributed by atoms with E-state index in [4.69, 9.17) is 11.0 Å². The molecule has 10 heteroatoms. The van der Waals surface area contributed by atoms with Crippen LogP contribution in [0.1, 0.15) is 13.3 Å². The van der Waals surface area contributed by atoms with Gasteiger partial charge in [0.2, 0.25) is 10.0 Å². The van der Waals surface area contributed by atoms with Crippen molar-refractivity contribution in [3.8, 4) is 28.5 Å². The third kappa shape index (κ3) is 5.13. The maximum Gasteiger partial charge on any atom is 0.241 e. The van der Waals surface area contributed by atoms with E-state index >= 15 is 0 Å². The molecule has 0 amide bonds. The van der Waals surface area contributed by atoms with Crippen LogP contribution >= 0.6 is 13.5 Å². The molecular formula is C20H20FN5O2S2. The topological polar surface area (TPSA) is 122 Å². The van der Waals surface area contributed by atoms with Gasteiger partial charge < -0.3 is 5.73 Å². The van der Waals surface area contributed by atoms with Crippen LogP contribution in [-0.2, 0) is 10.0 Å². The fraction of sp³-hybridized carbons (Fsp3) is 0.150. The second-order valence-electron chi connectivity index (χ2n) is 6.40. The Morgan fingerprint density at radius 1 is 1.17 bits per heavy atom. The molecule has 3 aromatic rings. The molecule has 0 radical (unpaired) electrons. The smallest absolute Gasteiger partial charge is 0.241 e. The maximum atomic E-state index is 14.8. The molecule has 156 valence electrons. The summed E-state index contributed by atoms with van der Waals surface area (Å²) >= 11 is 0. The molecule has 30 heavy (non-hydrogen) atoms. The summed E-state index contributed by atoms with van der Waals surface area (Å²) in [5.74, 6) is -0.345. The van der Waals surface area contributed by atoms with Crippen molar-refractivity contribution in [3.63, 3.8) is 0 Å². The van der Waals surface area contributed by atoms with E-state index < -0.39 is 21.9 Å². The number of rotatable bonds is 6. The number of nitrogens with zero attached hydrogens (tertiary/aromatic N) is 3. The summed E-state index contributed by atoms with van der Waals surface area (Å²) in [6, 6.07) is 12.0. The number of benzene rings is 2. The first-order chi connectivity index (χ1) is 13.8. The van der Waals surface area contributed by atoms with Crippen LogP contribution in [0, 0.1) is 17.1 Å². The number of hydrogen-bond donors (Lipinski definition) is 2. The van der Waals surface area contributed by atoms with Gasteiger partial charge in [-0.25, -0.2) is 22.5 Å². The van der Waals surface area contributed by atoms with Crippen LogP contribution in [0.25, 0.3) is 22.4 Å². The van der Waals surface area contributed by atoms with Gasteiger partial charge in [0.15, 0.2) is 0 Å². The Morgan fingerprint density at radius 3 is 2.53 bits per heavy atom. The van der Waals surface area contributed by atoms with E-state index in [1.807, 2.05) is 6.07 Å². The lowest BCUT2D eigenvalue weighted by molar-refractivity contribution is 0.563. The van der Waals surface area contributed by atoms with E-state index in [1.165, 1.54) is 30.6 Å². The molecule has 0 aliphatic rings. The summed E-state index contributed by atoms with van der Waals surface area (Å²) in [6.45, 7) is 1.60. The first-order valence-electron chi connectivity index (χ1n) is 8.68. The number of nitrogens with two attached hydrogens (primary N) is 1. The standard InChI is InChI=1S/C20H18FN5O2S.H2S/c1-13(8-9-22)26-29(27,28)19-5-3-2-4-15(19)14-6-7-16(17(21)10-14)18-11-25-20(23)12-24-18;/h2-7,10-13,26H,8H2,1H3,(H2,23,25);1H2/t13-;/m0./s1. The number of nitrogens with one attached hydrogen (secondary N) is 1. The van der Waals surface area contributed by atoms with Gasteiger partial charge in [-0.2, -0.15) is 18.8 Å². The van der Waals surface area contributed by atoms with Crippen molar-refractivity contribution in [2.75, 3.05) is 5.73 Å². The summed E-state index contributed by atoms with van der Waals surface area (Å²) < 4.78 is 42.8. The highest BCUT2D eigenvalue weighted by Crippen LogP contribution is 2.31. The molecule has 3 N–H and O–H groups in total. The van der Waals surface area contributed by atoms with Crippen LogP contribution in [0.2, 0.25) is 0 Å². The molecule has 7 nitrogen and oxygen atoms in total. The van der Waals surface area contributed by atoms with E-state index in [9.17, 15) is 12.8 Å². The quantitative estimate of drug-likeness (QED) is 0.601. The Bertz CT molecular complexity index is 1180. The lowest BCUT2D eigenvalue weighted by Crippen LogP contribution is -2.32. The first kappa shape index (κ1) is 23.3. The van der Waals surface area contributed by atoms with Gasteiger partial charge in [-0.3, -0.25) is 4.98 Å². The third-order valence-electron chi connectivity index (χ3n) is 4.16. The van der Waals surface area contributed by atoms with Crippen LogP contribution in [0.15, 0.2) is 59.8 Å². The first-order valence-corrected chi connectivity index (χ1v) is 10.2. The molecular weight excluding hydrogens is 425 g/mol. The zero-order valence-electron chi connectivity index (χ0n) is 16.0.